The summed E-state index contributed by atoms with van der Waals surface area (Å²) >= 11 is 13.1. The molecule has 0 bridgehead atoms. The molecule has 7 nitrogen and oxygen atoms in total. The molecule has 2 aromatic carbocycles. The maximum atomic E-state index is 7.05. The average molecular weight is 614 g/mol. The predicted octanol–water partition coefficient (Wildman–Crippen LogP) is 7.53. The number of rotatable bonds is 5. The van der Waals surface area contributed by atoms with Gasteiger partial charge in [-0.15, -0.1) is 0 Å². The topological polar surface area (TPSA) is 54.8 Å². The summed E-state index contributed by atoms with van der Waals surface area (Å²) in [5.41, 5.74) is 7.41. The Hall–Kier alpha value is -3.75. The van der Waals surface area contributed by atoms with Crippen LogP contribution < -0.4 is 24.6 Å². The molecule has 0 aliphatic carbocycles. The third kappa shape index (κ3) is 5.00. The first kappa shape index (κ1) is 28.0. The van der Waals surface area contributed by atoms with Crippen LogP contribution in [0.2, 0.25) is 5.02 Å². The maximum absolute atomic E-state index is 7.05. The molecule has 3 aliphatic rings. The summed E-state index contributed by atoms with van der Waals surface area (Å²) in [6, 6.07) is 20.5. The molecule has 43 heavy (non-hydrogen) atoms. The number of thiocarbonyl (C=S) groups is 1. The quantitative estimate of drug-likeness (QED) is 0.234. The van der Waals surface area contributed by atoms with Gasteiger partial charge in [0.15, 0.2) is 16.6 Å². The number of hydrogen-bond donors (Lipinski definition) is 1. The standard InChI is InChI=1S/C34H36ClN5O2S/c1-20-13-21(2)18-38(17-20)29-10-8-24(15-27(29)35)40-33(32(37-34(40)43)28-7-5-6-12-36-28)26-14-22(3)39(23(26)4)25-9-11-30-31(16-25)42-19-41-30/h5-12,14-16,20-21,32-33H,13,17-19H2,1-4H3,(H,37,43)/t20-,21-,32+,33-/m1/s1. The molecule has 3 aliphatic heterocycles. The van der Waals surface area contributed by atoms with E-state index in [4.69, 9.17) is 38.3 Å². The Morgan fingerprint density at radius 2 is 1.70 bits per heavy atom. The van der Waals surface area contributed by atoms with E-state index in [-0.39, 0.29) is 18.9 Å². The summed E-state index contributed by atoms with van der Waals surface area (Å²) in [7, 11) is 0. The van der Waals surface area contributed by atoms with Crippen LogP contribution in [0.15, 0.2) is 66.9 Å². The number of aromatic nitrogens is 2. The van der Waals surface area contributed by atoms with Crippen molar-refractivity contribution in [2.24, 2.45) is 11.8 Å². The van der Waals surface area contributed by atoms with Gasteiger partial charge in [-0.1, -0.05) is 31.5 Å². The number of ether oxygens (including phenoxy) is 2. The molecule has 1 N–H and O–H groups in total. The number of nitrogens with one attached hydrogen (secondary N) is 1. The van der Waals surface area contributed by atoms with Crippen molar-refractivity contribution in [1.29, 1.82) is 0 Å². The number of aryl methyl sites for hydroxylation is 1. The second-order valence-electron chi connectivity index (χ2n) is 12.2. The molecule has 4 atom stereocenters. The Kier molecular flexibility index (Phi) is 7.22. The zero-order valence-electron chi connectivity index (χ0n) is 24.9. The van der Waals surface area contributed by atoms with E-state index in [0.717, 1.165) is 69.3 Å². The van der Waals surface area contributed by atoms with Gasteiger partial charge in [0.25, 0.3) is 0 Å². The smallest absolute Gasteiger partial charge is 0.231 e. The average Bonchev–Trinajstić information content (AvgIpc) is 3.67. The van der Waals surface area contributed by atoms with Gasteiger partial charge in [0, 0.05) is 48.1 Å². The summed E-state index contributed by atoms with van der Waals surface area (Å²) in [5, 5.41) is 5.00. The summed E-state index contributed by atoms with van der Waals surface area (Å²) in [4.78, 5) is 9.38. The van der Waals surface area contributed by atoms with E-state index in [2.05, 4.69) is 83.8 Å². The molecule has 5 heterocycles. The molecule has 2 saturated heterocycles. The molecule has 0 unspecified atom stereocenters. The molecule has 222 valence electrons. The lowest BCUT2D eigenvalue weighted by Crippen LogP contribution is -2.38. The summed E-state index contributed by atoms with van der Waals surface area (Å²) in [6.07, 6.45) is 3.09. The van der Waals surface area contributed by atoms with Gasteiger partial charge in [-0.3, -0.25) is 4.98 Å². The lowest BCUT2D eigenvalue weighted by atomic mass is 9.91. The number of pyridine rings is 1. The highest BCUT2D eigenvalue weighted by Crippen LogP contribution is 2.46. The van der Waals surface area contributed by atoms with Gasteiger partial charge < -0.3 is 29.2 Å². The summed E-state index contributed by atoms with van der Waals surface area (Å²) < 4.78 is 13.5. The van der Waals surface area contributed by atoms with Gasteiger partial charge in [-0.2, -0.15) is 0 Å². The molecule has 4 aromatic rings. The van der Waals surface area contributed by atoms with Crippen molar-refractivity contribution >= 4 is 40.3 Å². The van der Waals surface area contributed by atoms with Gasteiger partial charge in [-0.05, 0) is 98.4 Å². The zero-order valence-corrected chi connectivity index (χ0v) is 26.5. The predicted molar refractivity (Wildman–Crippen MR) is 176 cm³/mol. The van der Waals surface area contributed by atoms with E-state index in [0.29, 0.717) is 16.9 Å². The first-order chi connectivity index (χ1) is 20.8. The van der Waals surface area contributed by atoms with E-state index in [1.54, 1.807) is 0 Å². The third-order valence-electron chi connectivity index (χ3n) is 8.92. The Bertz CT molecular complexity index is 1680. The number of halogens is 1. The first-order valence-electron chi connectivity index (χ1n) is 14.9. The lowest BCUT2D eigenvalue weighted by Gasteiger charge is -2.37. The van der Waals surface area contributed by atoms with Crippen molar-refractivity contribution in [2.45, 2.75) is 46.2 Å². The van der Waals surface area contributed by atoms with Crippen LogP contribution in [0.5, 0.6) is 11.5 Å². The minimum Gasteiger partial charge on any atom is -0.454 e. The molecule has 0 saturated carbocycles. The van der Waals surface area contributed by atoms with Crippen LogP contribution in [0.4, 0.5) is 11.4 Å². The van der Waals surface area contributed by atoms with Gasteiger partial charge in [0.1, 0.15) is 0 Å². The van der Waals surface area contributed by atoms with Gasteiger partial charge in [-0.25, -0.2) is 0 Å². The zero-order chi connectivity index (χ0) is 29.8. The fraction of sp³-hybridized carbons (Fsp3) is 0.353. The van der Waals surface area contributed by atoms with Crippen molar-refractivity contribution in [3.63, 3.8) is 0 Å². The fourth-order valence-corrected chi connectivity index (χ4v) is 7.86. The number of piperidine rings is 1. The van der Waals surface area contributed by atoms with Crippen molar-refractivity contribution in [3.05, 3.63) is 94.5 Å². The first-order valence-corrected chi connectivity index (χ1v) is 15.7. The second kappa shape index (κ2) is 11.1. The van der Waals surface area contributed by atoms with E-state index in [1.165, 1.54) is 6.42 Å². The second-order valence-corrected chi connectivity index (χ2v) is 13.0. The number of benzene rings is 2. The Morgan fingerprint density at radius 3 is 2.44 bits per heavy atom. The van der Waals surface area contributed by atoms with Gasteiger partial charge in [0.2, 0.25) is 6.79 Å². The minimum atomic E-state index is -0.151. The van der Waals surface area contributed by atoms with Crippen LogP contribution in [0.1, 0.15) is 55.0 Å². The van der Waals surface area contributed by atoms with Crippen LogP contribution in [0.3, 0.4) is 0 Å². The molecule has 0 radical (unpaired) electrons. The van der Waals surface area contributed by atoms with Crippen molar-refractivity contribution in [2.75, 3.05) is 29.7 Å². The number of nitrogens with zero attached hydrogens (tertiary/aromatic N) is 4. The van der Waals surface area contributed by atoms with Crippen LogP contribution in [0, 0.1) is 25.7 Å². The molecule has 7 rings (SSSR count). The number of anilines is 2. The van der Waals surface area contributed by atoms with Crippen LogP contribution >= 0.6 is 23.8 Å². The molecule has 2 aromatic heterocycles. The molecule has 9 heteroatoms. The van der Waals surface area contributed by atoms with Crippen molar-refractivity contribution in [1.82, 2.24) is 14.9 Å². The van der Waals surface area contributed by atoms with E-state index in [9.17, 15) is 0 Å². The molecular weight excluding hydrogens is 578 g/mol. The molecule has 0 spiro atoms. The Labute approximate surface area is 263 Å². The van der Waals surface area contributed by atoms with Crippen molar-refractivity contribution < 1.29 is 9.47 Å². The normalized spacial score (nSPS) is 23.1. The van der Waals surface area contributed by atoms with E-state index < -0.39 is 0 Å². The van der Waals surface area contributed by atoms with Crippen LogP contribution in [-0.4, -0.2) is 34.5 Å². The van der Waals surface area contributed by atoms with Gasteiger partial charge in [0.05, 0.1) is 28.5 Å². The van der Waals surface area contributed by atoms with Gasteiger partial charge >= 0.3 is 0 Å². The van der Waals surface area contributed by atoms with E-state index in [1.807, 2.05) is 30.5 Å². The van der Waals surface area contributed by atoms with Crippen LogP contribution in [0.25, 0.3) is 5.69 Å². The number of fused-ring (bicyclic) bond motifs is 1. The highest BCUT2D eigenvalue weighted by atomic mass is 35.5. The fourth-order valence-electron chi connectivity index (χ4n) is 7.22. The summed E-state index contributed by atoms with van der Waals surface area (Å²) in [6.45, 7) is 11.2. The third-order valence-corrected chi connectivity index (χ3v) is 9.54. The monoisotopic (exact) mass is 613 g/mol. The largest absolute Gasteiger partial charge is 0.454 e. The Morgan fingerprint density at radius 1 is 0.930 bits per heavy atom. The van der Waals surface area contributed by atoms with E-state index >= 15 is 0 Å². The minimum absolute atomic E-state index is 0.145. The van der Waals surface area contributed by atoms with Crippen molar-refractivity contribution in [3.8, 4) is 17.2 Å². The van der Waals surface area contributed by atoms with Crippen LogP contribution in [-0.2, 0) is 0 Å². The lowest BCUT2D eigenvalue weighted by molar-refractivity contribution is 0.174. The maximum Gasteiger partial charge on any atom is 0.231 e. The SMILES string of the molecule is Cc1cc([C@@H]2[C@H](c3ccccn3)NC(=S)N2c2ccc(N3C[C@H](C)C[C@@H](C)C3)c(Cl)c2)c(C)n1-c1ccc2c(c1)OCO2. The number of hydrogen-bond acceptors (Lipinski definition) is 5. The molecule has 0 amide bonds. The highest BCUT2D eigenvalue weighted by Gasteiger charge is 2.42. The Balaban J connectivity index is 1.31. The molecular formula is C34H36ClN5O2S. The molecule has 2 fully saturated rings. The summed E-state index contributed by atoms with van der Waals surface area (Å²) in [5.74, 6) is 2.80. The highest BCUT2D eigenvalue weighted by molar-refractivity contribution is 7.80.